The summed E-state index contributed by atoms with van der Waals surface area (Å²) in [6, 6.07) is 7.16. The van der Waals surface area contributed by atoms with Gasteiger partial charge in [-0.25, -0.2) is 0 Å². The number of hydrogen-bond donors (Lipinski definition) is 1. The van der Waals surface area contributed by atoms with Crippen LogP contribution in [-0.2, 0) is 0 Å². The predicted molar refractivity (Wildman–Crippen MR) is 69.5 cm³/mol. The van der Waals surface area contributed by atoms with Crippen molar-refractivity contribution in [3.63, 3.8) is 0 Å². The third kappa shape index (κ3) is 7.04. The molecular formula is C14H23NO. The molecule has 1 aromatic rings. The lowest BCUT2D eigenvalue weighted by molar-refractivity contribution is 0.100. The van der Waals surface area contributed by atoms with Crippen LogP contribution in [0.1, 0.15) is 55.5 Å². The fourth-order valence-electron chi connectivity index (χ4n) is 1.22. The fourth-order valence-corrected chi connectivity index (χ4v) is 1.22. The molecule has 0 spiro atoms. The van der Waals surface area contributed by atoms with E-state index in [0.29, 0.717) is 5.56 Å². The van der Waals surface area contributed by atoms with E-state index in [1.54, 1.807) is 12.1 Å². The molecule has 0 saturated heterocycles. The molecule has 90 valence electrons. The molecule has 1 rings (SSSR count). The number of nitrogens with two attached hydrogens (primary N) is 1. The van der Waals surface area contributed by atoms with E-state index in [2.05, 4.69) is 13.8 Å². The van der Waals surface area contributed by atoms with Gasteiger partial charge in [0.1, 0.15) is 0 Å². The summed E-state index contributed by atoms with van der Waals surface area (Å²) < 4.78 is 0. The van der Waals surface area contributed by atoms with Crippen LogP contribution in [0, 0.1) is 6.92 Å². The maximum atomic E-state index is 10.5. The van der Waals surface area contributed by atoms with Gasteiger partial charge in [0, 0.05) is 5.56 Å². The van der Waals surface area contributed by atoms with Gasteiger partial charge in [0.25, 0.3) is 0 Å². The summed E-state index contributed by atoms with van der Waals surface area (Å²) in [4.78, 5) is 10.5. The van der Waals surface area contributed by atoms with E-state index in [1.807, 2.05) is 19.1 Å². The quantitative estimate of drug-likeness (QED) is 0.774. The van der Waals surface area contributed by atoms with Gasteiger partial charge in [-0.1, -0.05) is 57.2 Å². The number of unbranched alkanes of at least 4 members (excludes halogenated alkanes) is 3. The molecule has 0 fully saturated rings. The molecule has 0 atom stereocenters. The maximum Gasteiger partial charge on any atom is 0.248 e. The van der Waals surface area contributed by atoms with Gasteiger partial charge in [0.15, 0.2) is 0 Å². The van der Waals surface area contributed by atoms with Crippen molar-refractivity contribution in [1.29, 1.82) is 0 Å². The van der Waals surface area contributed by atoms with Crippen molar-refractivity contribution in [2.75, 3.05) is 0 Å². The Labute approximate surface area is 98.9 Å². The predicted octanol–water partition coefficient (Wildman–Crippen LogP) is 3.68. The number of carbonyl (C=O) groups is 1. The van der Waals surface area contributed by atoms with Crippen LogP contribution in [-0.4, -0.2) is 5.91 Å². The van der Waals surface area contributed by atoms with Crippen LogP contribution < -0.4 is 5.73 Å². The summed E-state index contributed by atoms with van der Waals surface area (Å²) >= 11 is 0. The Morgan fingerprint density at radius 2 is 1.50 bits per heavy atom. The lowest BCUT2D eigenvalue weighted by Gasteiger charge is -1.93. The van der Waals surface area contributed by atoms with Gasteiger partial charge in [-0.2, -0.15) is 0 Å². The summed E-state index contributed by atoms with van der Waals surface area (Å²) in [5.41, 5.74) is 6.72. The first kappa shape index (κ1) is 14.7. The molecule has 0 aliphatic heterocycles. The van der Waals surface area contributed by atoms with Crippen LogP contribution >= 0.6 is 0 Å². The molecule has 1 aromatic carbocycles. The average molecular weight is 221 g/mol. The standard InChI is InChI=1S/C8H9NO.C6H14/c1-6-2-4-7(5-3-6)8(9)10;1-3-5-6-4-2/h2-5H,1H3,(H2,9,10);3-6H2,1-2H3. The molecule has 1 amide bonds. The van der Waals surface area contributed by atoms with E-state index in [9.17, 15) is 4.79 Å². The van der Waals surface area contributed by atoms with Gasteiger partial charge in [0.05, 0.1) is 0 Å². The van der Waals surface area contributed by atoms with Crippen LogP contribution in [0.15, 0.2) is 24.3 Å². The van der Waals surface area contributed by atoms with Crippen molar-refractivity contribution in [3.8, 4) is 0 Å². The van der Waals surface area contributed by atoms with Crippen molar-refractivity contribution < 1.29 is 4.79 Å². The molecule has 0 saturated carbocycles. The van der Waals surface area contributed by atoms with Crippen LogP contribution in [0.5, 0.6) is 0 Å². The Morgan fingerprint density at radius 1 is 1.06 bits per heavy atom. The number of carbonyl (C=O) groups excluding carboxylic acids is 1. The summed E-state index contributed by atoms with van der Waals surface area (Å²) in [6.07, 6.45) is 5.54. The monoisotopic (exact) mass is 221 g/mol. The maximum absolute atomic E-state index is 10.5. The van der Waals surface area contributed by atoms with Gasteiger partial charge < -0.3 is 5.73 Å². The van der Waals surface area contributed by atoms with Crippen molar-refractivity contribution in [2.45, 2.75) is 46.5 Å². The molecule has 2 heteroatoms. The lowest BCUT2D eigenvalue weighted by Crippen LogP contribution is -2.10. The average Bonchev–Trinajstić information content (AvgIpc) is 2.28. The first-order valence-corrected chi connectivity index (χ1v) is 5.98. The number of hydrogen-bond acceptors (Lipinski definition) is 1. The van der Waals surface area contributed by atoms with Crippen molar-refractivity contribution >= 4 is 5.91 Å². The van der Waals surface area contributed by atoms with Gasteiger partial charge in [-0.05, 0) is 19.1 Å². The number of benzene rings is 1. The highest BCUT2D eigenvalue weighted by Gasteiger charge is 1.95. The van der Waals surface area contributed by atoms with E-state index in [1.165, 1.54) is 25.7 Å². The van der Waals surface area contributed by atoms with E-state index >= 15 is 0 Å². The van der Waals surface area contributed by atoms with E-state index in [-0.39, 0.29) is 5.91 Å². The SMILES string of the molecule is CCCCCC.Cc1ccc(C(N)=O)cc1. The first-order valence-electron chi connectivity index (χ1n) is 5.98. The Balaban J connectivity index is 0.000000325. The second-order valence-corrected chi connectivity index (χ2v) is 3.94. The molecule has 0 heterocycles. The zero-order chi connectivity index (χ0) is 12.4. The molecule has 2 N–H and O–H groups in total. The second-order valence-electron chi connectivity index (χ2n) is 3.94. The minimum atomic E-state index is -0.375. The van der Waals surface area contributed by atoms with E-state index in [0.717, 1.165) is 5.56 Å². The number of primary amides is 1. The molecule has 0 aliphatic carbocycles. The van der Waals surface area contributed by atoms with Crippen LogP contribution in [0.2, 0.25) is 0 Å². The Kier molecular flexibility index (Phi) is 8.22. The summed E-state index contributed by atoms with van der Waals surface area (Å²) in [6.45, 7) is 6.43. The van der Waals surface area contributed by atoms with E-state index < -0.39 is 0 Å². The third-order valence-electron chi connectivity index (χ3n) is 2.29. The lowest BCUT2D eigenvalue weighted by atomic mass is 10.1. The zero-order valence-electron chi connectivity index (χ0n) is 10.6. The van der Waals surface area contributed by atoms with Crippen LogP contribution in [0.25, 0.3) is 0 Å². The first-order chi connectivity index (χ1) is 7.61. The van der Waals surface area contributed by atoms with E-state index in [4.69, 9.17) is 5.73 Å². The normalized spacial score (nSPS) is 9.19. The molecular weight excluding hydrogens is 198 g/mol. The Bertz CT molecular complexity index is 286. The Morgan fingerprint density at radius 3 is 1.81 bits per heavy atom. The highest BCUT2D eigenvalue weighted by atomic mass is 16.1. The summed E-state index contributed by atoms with van der Waals surface area (Å²) in [5.74, 6) is -0.375. The Hall–Kier alpha value is -1.31. The largest absolute Gasteiger partial charge is 0.366 e. The van der Waals surface area contributed by atoms with Crippen molar-refractivity contribution in [3.05, 3.63) is 35.4 Å². The van der Waals surface area contributed by atoms with Gasteiger partial charge >= 0.3 is 0 Å². The fraction of sp³-hybridized carbons (Fsp3) is 0.500. The number of rotatable bonds is 4. The van der Waals surface area contributed by atoms with Crippen LogP contribution in [0.4, 0.5) is 0 Å². The number of aryl methyl sites for hydroxylation is 1. The minimum Gasteiger partial charge on any atom is -0.366 e. The zero-order valence-corrected chi connectivity index (χ0v) is 10.6. The summed E-state index contributed by atoms with van der Waals surface area (Å²) in [7, 11) is 0. The van der Waals surface area contributed by atoms with Gasteiger partial charge in [-0.15, -0.1) is 0 Å². The molecule has 0 bridgehead atoms. The molecule has 0 aromatic heterocycles. The van der Waals surface area contributed by atoms with Crippen LogP contribution in [0.3, 0.4) is 0 Å². The molecule has 16 heavy (non-hydrogen) atoms. The highest BCUT2D eigenvalue weighted by molar-refractivity contribution is 5.92. The topological polar surface area (TPSA) is 43.1 Å². The van der Waals surface area contributed by atoms with Gasteiger partial charge in [0.2, 0.25) is 5.91 Å². The smallest absolute Gasteiger partial charge is 0.248 e. The molecule has 0 aliphatic rings. The third-order valence-corrected chi connectivity index (χ3v) is 2.29. The number of amides is 1. The highest BCUT2D eigenvalue weighted by Crippen LogP contribution is 2.00. The summed E-state index contributed by atoms with van der Waals surface area (Å²) in [5, 5.41) is 0. The van der Waals surface area contributed by atoms with Crippen molar-refractivity contribution in [2.24, 2.45) is 5.73 Å². The van der Waals surface area contributed by atoms with Gasteiger partial charge in [-0.3, -0.25) is 4.79 Å². The van der Waals surface area contributed by atoms with Crippen molar-refractivity contribution in [1.82, 2.24) is 0 Å². The molecule has 0 unspecified atom stereocenters. The molecule has 2 nitrogen and oxygen atoms in total. The second kappa shape index (κ2) is 8.96. The minimum absolute atomic E-state index is 0.375. The molecule has 0 radical (unpaired) electrons.